The predicted molar refractivity (Wildman–Crippen MR) is 60.8 cm³/mol. The molecule has 0 saturated heterocycles. The van der Waals surface area contributed by atoms with E-state index < -0.39 is 0 Å². The zero-order chi connectivity index (χ0) is 11.5. The molecule has 1 fully saturated rings. The largest absolute Gasteiger partial charge is 0.349 e. The second-order valence-electron chi connectivity index (χ2n) is 4.29. The number of nitriles is 1. The number of nitrogens with zero attached hydrogens (tertiary/aromatic N) is 1. The normalized spacial score (nSPS) is 16.2. The third-order valence-electron chi connectivity index (χ3n) is 2.96. The molecule has 0 spiro atoms. The Morgan fingerprint density at radius 2 is 2.06 bits per heavy atom. The molecule has 1 aromatic rings. The molecule has 16 heavy (non-hydrogen) atoms. The van der Waals surface area contributed by atoms with Crippen molar-refractivity contribution in [3.05, 3.63) is 35.4 Å². The Labute approximate surface area is 95.1 Å². The van der Waals surface area contributed by atoms with Crippen LogP contribution in [0.3, 0.4) is 0 Å². The Morgan fingerprint density at radius 3 is 2.56 bits per heavy atom. The maximum Gasteiger partial charge on any atom is 0.251 e. The van der Waals surface area contributed by atoms with Crippen LogP contribution in [0.4, 0.5) is 0 Å². The third-order valence-corrected chi connectivity index (χ3v) is 2.96. The van der Waals surface area contributed by atoms with Crippen LogP contribution in [-0.2, 0) is 0 Å². The molecule has 1 N–H and O–H groups in total. The van der Waals surface area contributed by atoms with Crippen molar-refractivity contribution in [2.24, 2.45) is 5.92 Å². The van der Waals surface area contributed by atoms with Gasteiger partial charge in [-0.05, 0) is 49.9 Å². The van der Waals surface area contributed by atoms with Crippen molar-refractivity contribution >= 4 is 5.91 Å². The summed E-state index contributed by atoms with van der Waals surface area (Å²) >= 11 is 0. The molecular weight excluding hydrogens is 200 g/mol. The molecule has 0 aliphatic heterocycles. The van der Waals surface area contributed by atoms with Crippen LogP contribution in [0.2, 0.25) is 0 Å². The van der Waals surface area contributed by atoms with Crippen LogP contribution in [0.15, 0.2) is 24.3 Å². The SMILES string of the molecule is C[C@H](NC(=O)c1ccc(C#N)cc1)C1CC1. The van der Waals surface area contributed by atoms with Gasteiger partial charge in [-0.15, -0.1) is 0 Å². The number of benzene rings is 1. The molecule has 3 heteroatoms. The van der Waals surface area contributed by atoms with Crippen molar-refractivity contribution in [1.29, 1.82) is 5.26 Å². The molecule has 0 heterocycles. The summed E-state index contributed by atoms with van der Waals surface area (Å²) in [4.78, 5) is 11.8. The summed E-state index contributed by atoms with van der Waals surface area (Å²) in [5, 5.41) is 11.6. The van der Waals surface area contributed by atoms with Gasteiger partial charge in [-0.2, -0.15) is 5.26 Å². The van der Waals surface area contributed by atoms with Crippen molar-refractivity contribution < 1.29 is 4.79 Å². The van der Waals surface area contributed by atoms with E-state index in [2.05, 4.69) is 5.32 Å². The predicted octanol–water partition coefficient (Wildman–Crippen LogP) is 2.09. The first-order valence-electron chi connectivity index (χ1n) is 5.51. The first-order chi connectivity index (χ1) is 7.70. The molecule has 0 unspecified atom stereocenters. The summed E-state index contributed by atoms with van der Waals surface area (Å²) in [6.07, 6.45) is 2.43. The summed E-state index contributed by atoms with van der Waals surface area (Å²) in [5.41, 5.74) is 1.19. The van der Waals surface area contributed by atoms with E-state index in [1.165, 1.54) is 12.8 Å². The van der Waals surface area contributed by atoms with Gasteiger partial charge in [-0.3, -0.25) is 4.79 Å². The van der Waals surface area contributed by atoms with Crippen molar-refractivity contribution in [3.8, 4) is 6.07 Å². The zero-order valence-electron chi connectivity index (χ0n) is 9.23. The van der Waals surface area contributed by atoms with Gasteiger partial charge < -0.3 is 5.32 Å². The highest BCUT2D eigenvalue weighted by molar-refractivity contribution is 5.94. The molecule has 0 aromatic heterocycles. The lowest BCUT2D eigenvalue weighted by Gasteiger charge is -2.12. The molecule has 0 bridgehead atoms. The number of carbonyl (C=O) groups excluding carboxylic acids is 1. The highest BCUT2D eigenvalue weighted by Crippen LogP contribution is 2.32. The zero-order valence-corrected chi connectivity index (χ0v) is 9.23. The fraction of sp³-hybridized carbons (Fsp3) is 0.385. The number of rotatable bonds is 3. The maximum atomic E-state index is 11.8. The highest BCUT2D eigenvalue weighted by atomic mass is 16.1. The quantitative estimate of drug-likeness (QED) is 0.837. The van der Waals surface area contributed by atoms with Crippen molar-refractivity contribution in [3.63, 3.8) is 0 Å². The van der Waals surface area contributed by atoms with Crippen LogP contribution < -0.4 is 5.32 Å². The van der Waals surface area contributed by atoms with E-state index in [0.29, 0.717) is 17.0 Å². The molecule has 82 valence electrons. The van der Waals surface area contributed by atoms with Crippen LogP contribution in [0.5, 0.6) is 0 Å². The standard InChI is InChI=1S/C13H14N2O/c1-9(11-6-7-11)15-13(16)12-4-2-10(8-14)3-5-12/h2-5,9,11H,6-7H2,1H3,(H,15,16)/t9-/m0/s1. The van der Waals surface area contributed by atoms with E-state index >= 15 is 0 Å². The molecule has 1 atom stereocenters. The van der Waals surface area contributed by atoms with Crippen molar-refractivity contribution in [1.82, 2.24) is 5.32 Å². The minimum atomic E-state index is -0.0520. The second-order valence-corrected chi connectivity index (χ2v) is 4.29. The van der Waals surface area contributed by atoms with Crippen molar-refractivity contribution in [2.75, 3.05) is 0 Å². The second kappa shape index (κ2) is 4.36. The lowest BCUT2D eigenvalue weighted by atomic mass is 10.1. The third kappa shape index (κ3) is 2.40. The summed E-state index contributed by atoms with van der Waals surface area (Å²) in [6, 6.07) is 8.99. The molecule has 1 aliphatic carbocycles. The van der Waals surface area contributed by atoms with Gasteiger partial charge in [0, 0.05) is 11.6 Å². The first-order valence-corrected chi connectivity index (χ1v) is 5.51. The van der Waals surface area contributed by atoms with E-state index in [0.717, 1.165) is 0 Å². The van der Waals surface area contributed by atoms with Crippen LogP contribution >= 0.6 is 0 Å². The van der Waals surface area contributed by atoms with Gasteiger partial charge in [0.2, 0.25) is 0 Å². The molecule has 1 aliphatic rings. The van der Waals surface area contributed by atoms with Gasteiger partial charge >= 0.3 is 0 Å². The monoisotopic (exact) mass is 214 g/mol. The minimum Gasteiger partial charge on any atom is -0.349 e. The molecule has 1 amide bonds. The summed E-state index contributed by atoms with van der Waals surface area (Å²) in [6.45, 7) is 2.04. The van der Waals surface area contributed by atoms with Gasteiger partial charge in [-0.1, -0.05) is 0 Å². The van der Waals surface area contributed by atoms with E-state index in [9.17, 15) is 4.79 Å². The van der Waals surface area contributed by atoms with Gasteiger partial charge in [0.1, 0.15) is 0 Å². The van der Waals surface area contributed by atoms with Crippen LogP contribution in [0.25, 0.3) is 0 Å². The molecule has 2 rings (SSSR count). The van der Waals surface area contributed by atoms with E-state index in [4.69, 9.17) is 5.26 Å². The van der Waals surface area contributed by atoms with Crippen LogP contribution in [0.1, 0.15) is 35.7 Å². The van der Waals surface area contributed by atoms with Crippen LogP contribution in [-0.4, -0.2) is 11.9 Å². The topological polar surface area (TPSA) is 52.9 Å². The van der Waals surface area contributed by atoms with E-state index in [-0.39, 0.29) is 11.9 Å². The number of hydrogen-bond donors (Lipinski definition) is 1. The first kappa shape index (κ1) is 10.7. The van der Waals surface area contributed by atoms with Gasteiger partial charge in [0.15, 0.2) is 0 Å². The lowest BCUT2D eigenvalue weighted by molar-refractivity contribution is 0.0936. The lowest BCUT2D eigenvalue weighted by Crippen LogP contribution is -2.33. The number of nitrogens with one attached hydrogen (secondary N) is 1. The average molecular weight is 214 g/mol. The molecule has 1 saturated carbocycles. The Kier molecular flexibility index (Phi) is 2.91. The fourth-order valence-electron chi connectivity index (χ4n) is 1.70. The van der Waals surface area contributed by atoms with Gasteiger partial charge in [0.25, 0.3) is 5.91 Å². The smallest absolute Gasteiger partial charge is 0.251 e. The molecule has 3 nitrogen and oxygen atoms in total. The Morgan fingerprint density at radius 1 is 1.44 bits per heavy atom. The fourth-order valence-corrected chi connectivity index (χ4v) is 1.70. The van der Waals surface area contributed by atoms with Crippen LogP contribution in [0, 0.1) is 17.2 Å². The number of carbonyl (C=O) groups is 1. The number of amides is 1. The highest BCUT2D eigenvalue weighted by Gasteiger charge is 2.28. The van der Waals surface area contributed by atoms with Crippen molar-refractivity contribution in [2.45, 2.75) is 25.8 Å². The summed E-state index contributed by atoms with van der Waals surface area (Å²) in [7, 11) is 0. The van der Waals surface area contributed by atoms with E-state index in [1.54, 1.807) is 24.3 Å². The Balaban J connectivity index is 2.00. The molecule has 1 aromatic carbocycles. The average Bonchev–Trinajstić information content (AvgIpc) is 3.13. The molecule has 0 radical (unpaired) electrons. The van der Waals surface area contributed by atoms with Gasteiger partial charge in [0.05, 0.1) is 11.6 Å². The minimum absolute atomic E-state index is 0.0520. The van der Waals surface area contributed by atoms with E-state index in [1.807, 2.05) is 13.0 Å². The molecular formula is C13H14N2O. The Hall–Kier alpha value is -1.82. The maximum absolute atomic E-state index is 11.8. The summed E-state index contributed by atoms with van der Waals surface area (Å²) in [5.74, 6) is 0.603. The number of hydrogen-bond acceptors (Lipinski definition) is 2. The van der Waals surface area contributed by atoms with Gasteiger partial charge in [-0.25, -0.2) is 0 Å². The Bertz CT molecular complexity index is 426. The summed E-state index contributed by atoms with van der Waals surface area (Å²) < 4.78 is 0.